The average molecular weight is 336 g/mol. The number of nitrogens with one attached hydrogen (secondary N) is 2. The highest BCUT2D eigenvalue weighted by Gasteiger charge is 2.25. The Hall–Kier alpha value is -1.72. The second-order valence-electron chi connectivity index (χ2n) is 5.86. The molecule has 1 atom stereocenters. The van der Waals surface area contributed by atoms with Gasteiger partial charge in [-0.2, -0.15) is 0 Å². The summed E-state index contributed by atoms with van der Waals surface area (Å²) in [5.41, 5.74) is 1.29. The monoisotopic (exact) mass is 335 g/mol. The lowest BCUT2D eigenvalue weighted by Crippen LogP contribution is -2.40. The summed E-state index contributed by atoms with van der Waals surface area (Å²) in [7, 11) is 1.57. The molecular formula is C17H22ClN3O2. The third kappa shape index (κ3) is 3.16. The van der Waals surface area contributed by atoms with Gasteiger partial charge in [0, 0.05) is 28.5 Å². The van der Waals surface area contributed by atoms with Crippen molar-refractivity contribution in [1.29, 1.82) is 0 Å². The normalized spacial score (nSPS) is 18.5. The number of nitrogens with zero attached hydrogens (tertiary/aromatic N) is 1. The van der Waals surface area contributed by atoms with Crippen molar-refractivity contribution in [3.63, 3.8) is 0 Å². The van der Waals surface area contributed by atoms with Crippen molar-refractivity contribution in [3.05, 3.63) is 28.9 Å². The molecule has 2 heterocycles. The first-order valence-electron chi connectivity index (χ1n) is 8.01. The molecule has 6 heteroatoms. The van der Waals surface area contributed by atoms with Crippen molar-refractivity contribution < 1.29 is 9.53 Å². The van der Waals surface area contributed by atoms with E-state index in [1.54, 1.807) is 19.2 Å². The molecule has 23 heavy (non-hydrogen) atoms. The van der Waals surface area contributed by atoms with Crippen LogP contribution in [0.3, 0.4) is 0 Å². The second-order valence-corrected chi connectivity index (χ2v) is 6.29. The zero-order valence-electron chi connectivity index (χ0n) is 13.5. The molecule has 5 nitrogen and oxygen atoms in total. The molecule has 1 aromatic carbocycles. The molecule has 0 saturated carbocycles. The number of H-pyrrole nitrogens is 1. The van der Waals surface area contributed by atoms with Crippen molar-refractivity contribution in [2.75, 3.05) is 26.7 Å². The predicted octanol–water partition coefficient (Wildman–Crippen LogP) is 3.04. The molecule has 1 aliphatic heterocycles. The fraction of sp³-hybridized carbons (Fsp3) is 0.471. The van der Waals surface area contributed by atoms with E-state index in [9.17, 15) is 4.79 Å². The summed E-state index contributed by atoms with van der Waals surface area (Å²) < 4.78 is 5.43. The van der Waals surface area contributed by atoms with E-state index in [4.69, 9.17) is 16.3 Å². The van der Waals surface area contributed by atoms with Gasteiger partial charge in [-0.15, -0.1) is 0 Å². The zero-order valence-corrected chi connectivity index (χ0v) is 14.2. The lowest BCUT2D eigenvalue weighted by molar-refractivity contribution is 0.0934. The highest BCUT2D eigenvalue weighted by Crippen LogP contribution is 2.32. The number of hydrogen-bond donors (Lipinski definition) is 2. The fourth-order valence-electron chi connectivity index (χ4n) is 3.35. The van der Waals surface area contributed by atoms with E-state index < -0.39 is 0 Å². The largest absolute Gasteiger partial charge is 0.494 e. The predicted molar refractivity (Wildman–Crippen MR) is 92.5 cm³/mol. The molecule has 0 spiro atoms. The standard InChI is InChI=1S/C17H22ClN3O2/c1-3-21-8-4-5-12(21)10-19-17(22)15-16(23-2)13-9-11(18)6-7-14(13)20-15/h6-7,9,12,20H,3-5,8,10H2,1-2H3,(H,19,22)/t12-/m1/s1. The van der Waals surface area contributed by atoms with Gasteiger partial charge in [-0.1, -0.05) is 18.5 Å². The van der Waals surface area contributed by atoms with Gasteiger partial charge in [-0.3, -0.25) is 9.69 Å². The maximum Gasteiger partial charge on any atom is 0.271 e. The van der Waals surface area contributed by atoms with Gasteiger partial charge in [-0.25, -0.2) is 0 Å². The molecule has 1 aliphatic rings. The summed E-state index contributed by atoms with van der Waals surface area (Å²) in [4.78, 5) is 18.1. The summed E-state index contributed by atoms with van der Waals surface area (Å²) in [5, 5.41) is 4.47. The van der Waals surface area contributed by atoms with Crippen molar-refractivity contribution in [1.82, 2.24) is 15.2 Å². The van der Waals surface area contributed by atoms with Crippen LogP contribution in [0.15, 0.2) is 18.2 Å². The summed E-state index contributed by atoms with van der Waals surface area (Å²) in [5.74, 6) is 0.399. The zero-order chi connectivity index (χ0) is 16.4. The Morgan fingerprint density at radius 2 is 2.35 bits per heavy atom. The molecule has 0 aliphatic carbocycles. The van der Waals surface area contributed by atoms with Crippen molar-refractivity contribution in [3.8, 4) is 5.75 Å². The molecule has 1 amide bonds. The first kappa shape index (κ1) is 16.1. The number of carbonyl (C=O) groups excluding carboxylic acids is 1. The van der Waals surface area contributed by atoms with Crippen molar-refractivity contribution >= 4 is 28.4 Å². The smallest absolute Gasteiger partial charge is 0.271 e. The number of aromatic nitrogens is 1. The number of benzene rings is 1. The number of carbonyl (C=O) groups is 1. The second kappa shape index (κ2) is 6.81. The topological polar surface area (TPSA) is 57.4 Å². The van der Waals surface area contributed by atoms with E-state index in [1.165, 1.54) is 6.42 Å². The Labute approximate surface area is 140 Å². The SMILES string of the molecule is CCN1CCC[C@@H]1CNC(=O)c1[nH]c2ccc(Cl)cc2c1OC. The van der Waals surface area contributed by atoms with Crippen LogP contribution in [0.5, 0.6) is 5.75 Å². The van der Waals surface area contributed by atoms with E-state index in [-0.39, 0.29) is 5.91 Å². The molecule has 1 fully saturated rings. The van der Waals surface area contributed by atoms with E-state index in [0.29, 0.717) is 29.1 Å². The van der Waals surface area contributed by atoms with Crippen LogP contribution < -0.4 is 10.1 Å². The number of ether oxygens (including phenoxy) is 1. The maximum atomic E-state index is 12.6. The Morgan fingerprint density at radius 1 is 1.52 bits per heavy atom. The van der Waals surface area contributed by atoms with Gasteiger partial charge in [0.2, 0.25) is 0 Å². The van der Waals surface area contributed by atoms with E-state index in [1.807, 2.05) is 6.07 Å². The molecule has 0 unspecified atom stereocenters. The Bertz CT molecular complexity index is 713. The molecule has 0 bridgehead atoms. The van der Waals surface area contributed by atoms with Crippen molar-refractivity contribution in [2.45, 2.75) is 25.8 Å². The molecule has 3 rings (SSSR count). The molecule has 1 saturated heterocycles. The number of rotatable bonds is 5. The van der Waals surface area contributed by atoms with Crippen LogP contribution in [0.1, 0.15) is 30.3 Å². The van der Waals surface area contributed by atoms with Crippen molar-refractivity contribution in [2.24, 2.45) is 0 Å². The lowest BCUT2D eigenvalue weighted by atomic mass is 10.2. The van der Waals surface area contributed by atoms with Crippen LogP contribution in [0.2, 0.25) is 5.02 Å². The fourth-order valence-corrected chi connectivity index (χ4v) is 3.52. The number of aromatic amines is 1. The number of likely N-dealkylation sites (tertiary alicyclic amines) is 1. The molecule has 0 radical (unpaired) electrons. The quantitative estimate of drug-likeness (QED) is 0.883. The highest BCUT2D eigenvalue weighted by atomic mass is 35.5. The Morgan fingerprint density at radius 3 is 3.09 bits per heavy atom. The summed E-state index contributed by atoms with van der Waals surface area (Å²) in [6, 6.07) is 5.87. The minimum absolute atomic E-state index is 0.142. The van der Waals surface area contributed by atoms with Crippen LogP contribution in [0.4, 0.5) is 0 Å². The van der Waals surface area contributed by atoms with Gasteiger partial charge in [0.1, 0.15) is 5.69 Å². The summed E-state index contributed by atoms with van der Waals surface area (Å²) in [6.45, 7) is 4.95. The van der Waals surface area contributed by atoms with Crippen LogP contribution in [-0.2, 0) is 0 Å². The number of fused-ring (bicyclic) bond motifs is 1. The Balaban J connectivity index is 1.78. The van der Waals surface area contributed by atoms with Gasteiger partial charge in [0.05, 0.1) is 7.11 Å². The third-order valence-electron chi connectivity index (χ3n) is 4.55. The van der Waals surface area contributed by atoms with Crippen LogP contribution in [0, 0.1) is 0 Å². The van der Waals surface area contributed by atoms with Gasteiger partial charge in [-0.05, 0) is 44.1 Å². The first-order valence-corrected chi connectivity index (χ1v) is 8.39. The Kier molecular flexibility index (Phi) is 4.78. The highest BCUT2D eigenvalue weighted by molar-refractivity contribution is 6.31. The summed E-state index contributed by atoms with van der Waals surface area (Å²) in [6.07, 6.45) is 2.33. The van der Waals surface area contributed by atoms with Crippen LogP contribution >= 0.6 is 11.6 Å². The number of hydrogen-bond acceptors (Lipinski definition) is 3. The van der Waals surface area contributed by atoms with Gasteiger partial charge in [0.25, 0.3) is 5.91 Å². The van der Waals surface area contributed by atoms with Gasteiger partial charge in [0.15, 0.2) is 5.75 Å². The minimum Gasteiger partial charge on any atom is -0.494 e. The molecular weight excluding hydrogens is 314 g/mol. The molecule has 1 aromatic heterocycles. The molecule has 2 N–H and O–H groups in total. The maximum absolute atomic E-state index is 12.6. The van der Waals surface area contributed by atoms with Gasteiger partial charge >= 0.3 is 0 Å². The number of amides is 1. The lowest BCUT2D eigenvalue weighted by Gasteiger charge is -2.22. The molecule has 2 aromatic rings. The minimum atomic E-state index is -0.142. The number of halogens is 1. The number of likely N-dealkylation sites (N-methyl/N-ethyl adjacent to an activating group) is 1. The van der Waals surface area contributed by atoms with E-state index >= 15 is 0 Å². The van der Waals surface area contributed by atoms with Gasteiger partial charge < -0.3 is 15.0 Å². The molecule has 124 valence electrons. The summed E-state index contributed by atoms with van der Waals surface area (Å²) >= 11 is 6.04. The van der Waals surface area contributed by atoms with Crippen LogP contribution in [0.25, 0.3) is 10.9 Å². The van der Waals surface area contributed by atoms with E-state index in [2.05, 4.69) is 22.1 Å². The number of methoxy groups -OCH3 is 1. The average Bonchev–Trinajstić information content (AvgIpc) is 3.15. The van der Waals surface area contributed by atoms with E-state index in [0.717, 1.165) is 30.4 Å². The third-order valence-corrected chi connectivity index (χ3v) is 4.78. The van der Waals surface area contributed by atoms with Crippen LogP contribution in [-0.4, -0.2) is 48.6 Å². The first-order chi connectivity index (χ1) is 11.1.